The second-order valence-electron chi connectivity index (χ2n) is 5.76. The summed E-state index contributed by atoms with van der Waals surface area (Å²) < 4.78 is 30.3. The summed E-state index contributed by atoms with van der Waals surface area (Å²) in [4.78, 5) is 15.6. The molecule has 1 rings (SSSR count). The fourth-order valence-corrected chi connectivity index (χ4v) is 3.36. The first-order valence-electron chi connectivity index (χ1n) is 8.11. The third kappa shape index (κ3) is 5.42. The lowest BCUT2D eigenvalue weighted by molar-refractivity contribution is 0.0696. The van der Waals surface area contributed by atoms with E-state index in [9.17, 15) is 18.3 Å². The van der Waals surface area contributed by atoms with Crippen LogP contribution in [-0.4, -0.2) is 37.6 Å². The normalized spacial score (nSPS) is 13.2. The summed E-state index contributed by atoms with van der Waals surface area (Å²) >= 11 is 0. The molecule has 0 aliphatic heterocycles. The Morgan fingerprint density at radius 1 is 1.32 bits per heavy atom. The van der Waals surface area contributed by atoms with Gasteiger partial charge in [0.2, 0.25) is 0 Å². The predicted octanol–water partition coefficient (Wildman–Crippen LogP) is 3.52. The van der Waals surface area contributed by atoms with Crippen LogP contribution in [-0.2, 0) is 14.6 Å². The number of allylic oxidation sites excluding steroid dienone is 1. The highest BCUT2D eigenvalue weighted by molar-refractivity contribution is 7.91. The number of benzene rings is 1. The highest BCUT2D eigenvalue weighted by Crippen LogP contribution is 2.23. The molecular formula is C18H25NO5S. The van der Waals surface area contributed by atoms with Gasteiger partial charge in [0.1, 0.15) is 5.76 Å². The molecule has 0 bridgehead atoms. The Labute approximate surface area is 149 Å². The second-order valence-corrected chi connectivity index (χ2v) is 8.01. The van der Waals surface area contributed by atoms with E-state index in [2.05, 4.69) is 4.99 Å². The van der Waals surface area contributed by atoms with E-state index in [4.69, 9.17) is 4.74 Å². The Morgan fingerprint density at radius 2 is 1.96 bits per heavy atom. The quantitative estimate of drug-likeness (QED) is 0.560. The number of hydrogen-bond acceptors (Lipinski definition) is 5. The largest absolute Gasteiger partial charge is 0.497 e. The Kier molecular flexibility index (Phi) is 7.36. The molecule has 0 spiro atoms. The molecule has 7 heteroatoms. The molecule has 0 aliphatic carbocycles. The van der Waals surface area contributed by atoms with Gasteiger partial charge in [-0.25, -0.2) is 13.2 Å². The van der Waals surface area contributed by atoms with E-state index >= 15 is 0 Å². The Hall–Kier alpha value is -2.15. The number of hydrogen-bond donors (Lipinski definition) is 1. The second kappa shape index (κ2) is 8.80. The van der Waals surface area contributed by atoms with Gasteiger partial charge < -0.3 is 9.84 Å². The van der Waals surface area contributed by atoms with Crippen LogP contribution in [0.2, 0.25) is 0 Å². The SMILES string of the molecule is CCO/C(C)=C/N=C(c1ccc(C(=O)O)cc1S(=O)(=O)CC)C(C)C. The van der Waals surface area contributed by atoms with Gasteiger partial charge in [0.05, 0.1) is 34.7 Å². The highest BCUT2D eigenvalue weighted by Gasteiger charge is 2.23. The van der Waals surface area contributed by atoms with Crippen LogP contribution in [0.5, 0.6) is 0 Å². The number of carboxylic acid groups (broad SMARTS) is 1. The molecular weight excluding hydrogens is 342 g/mol. The number of carbonyl (C=O) groups is 1. The molecule has 0 atom stereocenters. The molecule has 0 unspecified atom stereocenters. The van der Waals surface area contributed by atoms with Crippen LogP contribution in [0, 0.1) is 5.92 Å². The van der Waals surface area contributed by atoms with Crippen LogP contribution < -0.4 is 0 Å². The molecule has 1 aromatic rings. The molecule has 0 aliphatic rings. The van der Waals surface area contributed by atoms with Crippen molar-refractivity contribution >= 4 is 21.5 Å². The van der Waals surface area contributed by atoms with Gasteiger partial charge in [0.25, 0.3) is 0 Å². The van der Waals surface area contributed by atoms with Crippen molar-refractivity contribution in [1.29, 1.82) is 0 Å². The van der Waals surface area contributed by atoms with Gasteiger partial charge in [-0.1, -0.05) is 26.8 Å². The van der Waals surface area contributed by atoms with Crippen molar-refractivity contribution in [2.75, 3.05) is 12.4 Å². The molecule has 1 N–H and O–H groups in total. The van der Waals surface area contributed by atoms with Crippen molar-refractivity contribution in [1.82, 2.24) is 0 Å². The fourth-order valence-electron chi connectivity index (χ4n) is 2.23. The lowest BCUT2D eigenvalue weighted by atomic mass is 9.98. The molecule has 138 valence electrons. The maximum Gasteiger partial charge on any atom is 0.335 e. The van der Waals surface area contributed by atoms with Gasteiger partial charge in [-0.2, -0.15) is 0 Å². The molecule has 0 saturated carbocycles. The van der Waals surface area contributed by atoms with E-state index in [1.807, 2.05) is 20.8 Å². The van der Waals surface area contributed by atoms with E-state index in [0.717, 1.165) is 0 Å². The van der Waals surface area contributed by atoms with Crippen LogP contribution in [0.4, 0.5) is 0 Å². The van der Waals surface area contributed by atoms with Crippen molar-refractivity contribution in [2.45, 2.75) is 39.5 Å². The summed E-state index contributed by atoms with van der Waals surface area (Å²) in [5.41, 5.74) is 0.908. The Balaban J connectivity index is 3.63. The lowest BCUT2D eigenvalue weighted by Crippen LogP contribution is -2.17. The minimum Gasteiger partial charge on any atom is -0.497 e. The first-order valence-corrected chi connectivity index (χ1v) is 9.77. The maximum atomic E-state index is 12.5. The Morgan fingerprint density at radius 3 is 2.44 bits per heavy atom. The molecule has 0 aromatic heterocycles. The van der Waals surface area contributed by atoms with Crippen molar-refractivity contribution in [2.24, 2.45) is 10.9 Å². The summed E-state index contributed by atoms with van der Waals surface area (Å²) in [6, 6.07) is 4.10. The molecule has 0 saturated heterocycles. The number of ether oxygens (including phenoxy) is 1. The number of aliphatic imine (C=N–C) groups is 1. The van der Waals surface area contributed by atoms with E-state index in [1.165, 1.54) is 25.1 Å². The van der Waals surface area contributed by atoms with Crippen molar-refractivity contribution in [3.05, 3.63) is 41.3 Å². The van der Waals surface area contributed by atoms with Crippen molar-refractivity contribution < 1.29 is 23.1 Å². The summed E-state index contributed by atoms with van der Waals surface area (Å²) in [5, 5.41) is 9.17. The van der Waals surface area contributed by atoms with Crippen LogP contribution >= 0.6 is 0 Å². The fraction of sp³-hybridized carbons (Fsp3) is 0.444. The van der Waals surface area contributed by atoms with Gasteiger partial charge >= 0.3 is 5.97 Å². The molecule has 0 fully saturated rings. The molecule has 25 heavy (non-hydrogen) atoms. The molecule has 0 radical (unpaired) electrons. The molecule has 1 aromatic carbocycles. The van der Waals surface area contributed by atoms with Gasteiger partial charge in [-0.15, -0.1) is 0 Å². The minimum absolute atomic E-state index is 0.00943. The van der Waals surface area contributed by atoms with Crippen LogP contribution in [0.25, 0.3) is 0 Å². The van der Waals surface area contributed by atoms with E-state index in [-0.39, 0.29) is 22.1 Å². The molecule has 0 heterocycles. The molecule has 6 nitrogen and oxygen atoms in total. The highest BCUT2D eigenvalue weighted by atomic mass is 32.2. The Bertz CT molecular complexity index is 792. The maximum absolute atomic E-state index is 12.5. The summed E-state index contributed by atoms with van der Waals surface area (Å²) in [5.74, 6) is -0.744. The van der Waals surface area contributed by atoms with Crippen molar-refractivity contribution in [3.8, 4) is 0 Å². The number of sulfone groups is 1. The van der Waals surface area contributed by atoms with Gasteiger partial charge in [-0.05, 0) is 31.9 Å². The van der Waals surface area contributed by atoms with Gasteiger partial charge in [0, 0.05) is 5.56 Å². The van der Waals surface area contributed by atoms with E-state index in [0.29, 0.717) is 23.6 Å². The van der Waals surface area contributed by atoms with Crippen LogP contribution in [0.15, 0.2) is 40.0 Å². The average molecular weight is 367 g/mol. The van der Waals surface area contributed by atoms with Crippen LogP contribution in [0.1, 0.15) is 50.5 Å². The number of aromatic carboxylic acids is 1. The minimum atomic E-state index is -3.61. The third-order valence-electron chi connectivity index (χ3n) is 3.52. The number of nitrogens with zero attached hydrogens (tertiary/aromatic N) is 1. The summed E-state index contributed by atoms with van der Waals surface area (Å²) in [6.45, 7) is 9.46. The predicted molar refractivity (Wildman–Crippen MR) is 97.9 cm³/mol. The van der Waals surface area contributed by atoms with E-state index < -0.39 is 15.8 Å². The zero-order valence-electron chi connectivity index (χ0n) is 15.2. The summed E-state index contributed by atoms with van der Waals surface area (Å²) in [7, 11) is -3.61. The van der Waals surface area contributed by atoms with E-state index in [1.54, 1.807) is 13.1 Å². The smallest absolute Gasteiger partial charge is 0.335 e. The number of rotatable bonds is 8. The monoisotopic (exact) mass is 367 g/mol. The van der Waals surface area contributed by atoms with Gasteiger partial charge in [0.15, 0.2) is 9.84 Å². The first kappa shape index (κ1) is 20.9. The third-order valence-corrected chi connectivity index (χ3v) is 5.29. The van der Waals surface area contributed by atoms with Crippen LogP contribution in [0.3, 0.4) is 0 Å². The summed E-state index contributed by atoms with van der Waals surface area (Å²) in [6.07, 6.45) is 1.55. The zero-order chi connectivity index (χ0) is 19.2. The van der Waals surface area contributed by atoms with Crippen molar-refractivity contribution in [3.63, 3.8) is 0 Å². The lowest BCUT2D eigenvalue weighted by Gasteiger charge is -2.15. The molecule has 0 amide bonds. The average Bonchev–Trinajstić information content (AvgIpc) is 2.54. The topological polar surface area (TPSA) is 93.0 Å². The van der Waals surface area contributed by atoms with Gasteiger partial charge in [-0.3, -0.25) is 4.99 Å². The standard InChI is InChI=1S/C18H25NO5S/c1-6-24-13(5)11-19-17(12(3)4)15-9-8-14(18(20)21)10-16(15)25(22,23)7-2/h8-12H,6-7H2,1-5H3,(H,20,21)/b13-11+,19-17?. The first-order chi connectivity index (χ1) is 11.6. The number of carboxylic acids is 1. The zero-order valence-corrected chi connectivity index (χ0v) is 16.1.